The molecule has 4 aromatic rings. The number of benzene rings is 2. The summed E-state index contributed by atoms with van der Waals surface area (Å²) < 4.78 is 26.7. The van der Waals surface area contributed by atoms with Gasteiger partial charge < -0.3 is 4.98 Å². The van der Waals surface area contributed by atoms with Gasteiger partial charge >= 0.3 is 0 Å². The Morgan fingerprint density at radius 3 is 2.75 bits per heavy atom. The molecule has 2 heterocycles. The van der Waals surface area contributed by atoms with Gasteiger partial charge in [0.15, 0.2) is 5.13 Å². The topological polar surface area (TPSA) is 70.7 Å². The molecule has 142 valence electrons. The first-order valence-corrected chi connectivity index (χ1v) is 9.37. The number of fused-ring (bicyclic) bond motifs is 1. The molecule has 0 atom stereocenters. The second-order valence-electron chi connectivity index (χ2n) is 6.34. The van der Waals surface area contributed by atoms with Crippen molar-refractivity contribution in [2.24, 2.45) is 0 Å². The molecule has 0 aliphatic heterocycles. The van der Waals surface area contributed by atoms with Gasteiger partial charge in [0.1, 0.15) is 23.8 Å². The fourth-order valence-electron chi connectivity index (χ4n) is 2.94. The number of hydrogen-bond donors (Lipinski definition) is 2. The Morgan fingerprint density at radius 1 is 1.21 bits per heavy atom. The van der Waals surface area contributed by atoms with Crippen molar-refractivity contribution in [1.29, 1.82) is 0 Å². The molecule has 0 saturated carbocycles. The molecule has 2 N–H and O–H groups in total. The van der Waals surface area contributed by atoms with Crippen molar-refractivity contribution in [2.45, 2.75) is 20.5 Å². The largest absolute Gasteiger partial charge is 0.338 e. The monoisotopic (exact) mass is 398 g/mol. The molecular formula is C20H16F2N4OS. The molecule has 0 fully saturated rings. The molecule has 0 bridgehead atoms. The smallest absolute Gasteiger partial charge is 0.259 e. The van der Waals surface area contributed by atoms with Gasteiger partial charge in [0, 0.05) is 10.4 Å². The zero-order valence-corrected chi connectivity index (χ0v) is 16.0. The normalized spacial score (nSPS) is 11.1. The third kappa shape index (κ3) is 3.27. The second kappa shape index (κ2) is 7.12. The molecule has 0 spiro atoms. The van der Waals surface area contributed by atoms with Crippen molar-refractivity contribution in [1.82, 2.24) is 15.0 Å². The minimum absolute atomic E-state index is 0.193. The summed E-state index contributed by atoms with van der Waals surface area (Å²) in [6.45, 7) is 3.00. The zero-order valence-electron chi connectivity index (χ0n) is 15.1. The number of aryl methyl sites for hydroxylation is 2. The van der Waals surface area contributed by atoms with E-state index in [9.17, 15) is 13.6 Å². The van der Waals surface area contributed by atoms with E-state index in [0.717, 1.165) is 16.6 Å². The van der Waals surface area contributed by atoms with Gasteiger partial charge in [-0.05, 0) is 49.7 Å². The van der Waals surface area contributed by atoms with Gasteiger partial charge in [-0.25, -0.2) is 18.7 Å². The molecule has 4 rings (SSSR count). The van der Waals surface area contributed by atoms with Crippen LogP contribution in [0, 0.1) is 19.7 Å². The number of imidazole rings is 1. The summed E-state index contributed by atoms with van der Waals surface area (Å²) in [5.74, 6) is -0.465. The highest BCUT2D eigenvalue weighted by molar-refractivity contribution is 7.15. The third-order valence-electron chi connectivity index (χ3n) is 4.47. The van der Waals surface area contributed by atoms with Crippen LogP contribution >= 0.6 is 11.3 Å². The Kier molecular flexibility index (Phi) is 4.64. The van der Waals surface area contributed by atoms with Crippen LogP contribution in [0.4, 0.5) is 13.9 Å². The number of alkyl halides is 1. The number of carbonyl (C=O) groups is 1. The highest BCUT2D eigenvalue weighted by Gasteiger charge is 2.17. The number of para-hydroxylation sites is 1. The van der Waals surface area contributed by atoms with E-state index in [-0.39, 0.29) is 11.5 Å². The average Bonchev–Trinajstić information content (AvgIpc) is 3.24. The molecule has 0 saturated heterocycles. The summed E-state index contributed by atoms with van der Waals surface area (Å²) in [6, 6.07) is 9.04. The Balaban J connectivity index is 1.74. The maximum atomic E-state index is 13.4. The van der Waals surface area contributed by atoms with Crippen molar-refractivity contribution in [3.63, 3.8) is 0 Å². The summed E-state index contributed by atoms with van der Waals surface area (Å²) in [6.07, 6.45) is 0. The number of amides is 1. The van der Waals surface area contributed by atoms with E-state index in [1.807, 2.05) is 13.8 Å². The summed E-state index contributed by atoms with van der Waals surface area (Å²) in [7, 11) is 0. The van der Waals surface area contributed by atoms with Gasteiger partial charge in [-0.1, -0.05) is 6.07 Å². The van der Waals surface area contributed by atoms with E-state index >= 15 is 0 Å². The predicted octanol–water partition coefficient (Wildman–Crippen LogP) is 5.16. The SMILES string of the molecule is Cc1nc(NC(=O)c2cccc3[nH]c(-c4ccc(F)cc4CF)nc23)sc1C. The van der Waals surface area contributed by atoms with E-state index in [0.29, 0.717) is 33.1 Å². The Morgan fingerprint density at radius 2 is 2.04 bits per heavy atom. The number of halogens is 2. The van der Waals surface area contributed by atoms with Gasteiger partial charge in [-0.3, -0.25) is 10.1 Å². The first-order valence-electron chi connectivity index (χ1n) is 8.55. The van der Waals surface area contributed by atoms with E-state index in [4.69, 9.17) is 0 Å². The standard InChI is InChI=1S/C20H16F2N4OS/c1-10-11(2)28-20(23-10)26-19(27)15-4-3-5-16-17(15)25-18(24-16)14-7-6-13(22)8-12(14)9-21/h3-8H,9H2,1-2H3,(H,24,25)(H,23,26,27). The Bertz CT molecular complexity index is 1180. The molecule has 0 aliphatic carbocycles. The molecule has 1 amide bonds. The molecule has 0 radical (unpaired) electrons. The van der Waals surface area contributed by atoms with Gasteiger partial charge in [0.25, 0.3) is 5.91 Å². The van der Waals surface area contributed by atoms with Crippen LogP contribution in [0.2, 0.25) is 0 Å². The van der Waals surface area contributed by atoms with Crippen LogP contribution in [0.1, 0.15) is 26.5 Å². The first-order chi connectivity index (χ1) is 13.5. The highest BCUT2D eigenvalue weighted by atomic mass is 32.1. The Labute approximate surface area is 163 Å². The van der Waals surface area contributed by atoms with Crippen LogP contribution in [0.3, 0.4) is 0 Å². The average molecular weight is 398 g/mol. The lowest BCUT2D eigenvalue weighted by Crippen LogP contribution is -2.12. The van der Waals surface area contributed by atoms with Crippen LogP contribution < -0.4 is 5.32 Å². The van der Waals surface area contributed by atoms with Crippen LogP contribution in [0.25, 0.3) is 22.4 Å². The number of H-pyrrole nitrogens is 1. The predicted molar refractivity (Wildman–Crippen MR) is 106 cm³/mol. The van der Waals surface area contributed by atoms with Crippen LogP contribution in [-0.2, 0) is 6.67 Å². The fraction of sp³-hybridized carbons (Fsp3) is 0.150. The van der Waals surface area contributed by atoms with Crippen LogP contribution in [0.5, 0.6) is 0 Å². The fourth-order valence-corrected chi connectivity index (χ4v) is 3.75. The number of nitrogens with one attached hydrogen (secondary N) is 2. The van der Waals surface area contributed by atoms with Crippen LogP contribution in [-0.4, -0.2) is 20.9 Å². The van der Waals surface area contributed by atoms with Gasteiger partial charge in [-0.2, -0.15) is 0 Å². The molecule has 0 unspecified atom stereocenters. The van der Waals surface area contributed by atoms with Crippen LogP contribution in [0.15, 0.2) is 36.4 Å². The minimum atomic E-state index is -0.819. The van der Waals surface area contributed by atoms with Crippen molar-refractivity contribution < 1.29 is 13.6 Å². The summed E-state index contributed by atoms with van der Waals surface area (Å²) in [5.41, 5.74) is 2.97. The number of hydrogen-bond acceptors (Lipinski definition) is 4. The summed E-state index contributed by atoms with van der Waals surface area (Å²) in [4.78, 5) is 25.7. The van der Waals surface area contributed by atoms with E-state index in [1.54, 1.807) is 18.2 Å². The number of nitrogens with zero attached hydrogens (tertiary/aromatic N) is 2. The molecule has 2 aromatic carbocycles. The molecule has 5 nitrogen and oxygen atoms in total. The minimum Gasteiger partial charge on any atom is -0.338 e. The second-order valence-corrected chi connectivity index (χ2v) is 7.54. The number of aromatic nitrogens is 3. The lowest BCUT2D eigenvalue weighted by molar-refractivity contribution is 0.102. The van der Waals surface area contributed by atoms with E-state index < -0.39 is 12.5 Å². The molecule has 0 aliphatic rings. The van der Waals surface area contributed by atoms with E-state index in [2.05, 4.69) is 20.3 Å². The maximum Gasteiger partial charge on any atom is 0.259 e. The summed E-state index contributed by atoms with van der Waals surface area (Å²) >= 11 is 1.40. The zero-order chi connectivity index (χ0) is 19.8. The molecule has 2 aromatic heterocycles. The number of carbonyl (C=O) groups excluding carboxylic acids is 1. The number of thiazole rings is 1. The number of rotatable bonds is 4. The van der Waals surface area contributed by atoms with Gasteiger partial charge in [0.2, 0.25) is 0 Å². The molecular weight excluding hydrogens is 382 g/mol. The Hall–Kier alpha value is -3.13. The lowest BCUT2D eigenvalue weighted by atomic mass is 10.1. The van der Waals surface area contributed by atoms with Gasteiger partial charge in [-0.15, -0.1) is 11.3 Å². The summed E-state index contributed by atoms with van der Waals surface area (Å²) in [5, 5.41) is 3.32. The number of aromatic amines is 1. The highest BCUT2D eigenvalue weighted by Crippen LogP contribution is 2.28. The number of anilines is 1. The first kappa shape index (κ1) is 18.2. The lowest BCUT2D eigenvalue weighted by Gasteiger charge is -2.03. The van der Waals surface area contributed by atoms with Gasteiger partial charge in [0.05, 0.1) is 16.8 Å². The van der Waals surface area contributed by atoms with E-state index in [1.165, 1.54) is 23.5 Å². The maximum absolute atomic E-state index is 13.4. The molecule has 28 heavy (non-hydrogen) atoms. The van der Waals surface area contributed by atoms with Crippen molar-refractivity contribution in [3.8, 4) is 11.4 Å². The quantitative estimate of drug-likeness (QED) is 0.499. The van der Waals surface area contributed by atoms with Crippen molar-refractivity contribution >= 4 is 33.4 Å². The van der Waals surface area contributed by atoms with Crippen molar-refractivity contribution in [3.05, 3.63) is 63.9 Å². The third-order valence-corrected chi connectivity index (χ3v) is 5.46. The van der Waals surface area contributed by atoms with Crippen molar-refractivity contribution in [2.75, 3.05) is 5.32 Å². The molecule has 8 heteroatoms.